The van der Waals surface area contributed by atoms with Gasteiger partial charge in [-0.25, -0.2) is 4.98 Å². The molecule has 20 heavy (non-hydrogen) atoms. The maximum absolute atomic E-state index is 5.98. The van der Waals surface area contributed by atoms with Crippen LogP contribution in [0, 0.1) is 0 Å². The number of aromatic nitrogens is 2. The molecule has 1 aromatic carbocycles. The van der Waals surface area contributed by atoms with Crippen molar-refractivity contribution in [1.29, 1.82) is 0 Å². The van der Waals surface area contributed by atoms with Crippen molar-refractivity contribution in [1.82, 2.24) is 14.9 Å². The Balaban J connectivity index is 1.89. The third-order valence-electron chi connectivity index (χ3n) is 4.60. The fourth-order valence-corrected chi connectivity index (χ4v) is 3.26. The molecule has 1 aromatic heterocycles. The summed E-state index contributed by atoms with van der Waals surface area (Å²) < 4.78 is 8.17. The Labute approximate surface area is 120 Å². The summed E-state index contributed by atoms with van der Waals surface area (Å²) in [4.78, 5) is 4.77. The minimum atomic E-state index is -0.0765. The van der Waals surface area contributed by atoms with E-state index in [4.69, 9.17) is 9.72 Å². The fourth-order valence-electron chi connectivity index (χ4n) is 3.26. The summed E-state index contributed by atoms with van der Waals surface area (Å²) in [5, 5.41) is 3.43. The minimum absolute atomic E-state index is 0.0765. The van der Waals surface area contributed by atoms with Crippen LogP contribution in [0.25, 0.3) is 11.0 Å². The van der Waals surface area contributed by atoms with Gasteiger partial charge in [-0.05, 0) is 38.9 Å². The van der Waals surface area contributed by atoms with Crippen molar-refractivity contribution in [2.45, 2.75) is 37.8 Å². The quantitative estimate of drug-likeness (QED) is 0.929. The van der Waals surface area contributed by atoms with E-state index in [1.54, 1.807) is 0 Å². The first-order valence-corrected chi connectivity index (χ1v) is 7.35. The highest BCUT2D eigenvalue weighted by atomic mass is 16.5. The molecule has 0 saturated carbocycles. The van der Waals surface area contributed by atoms with Gasteiger partial charge in [-0.15, -0.1) is 0 Å². The zero-order chi connectivity index (χ0) is 14.2. The maximum atomic E-state index is 5.98. The predicted octanol–water partition coefficient (Wildman–Crippen LogP) is 2.27. The van der Waals surface area contributed by atoms with Crippen LogP contribution in [-0.4, -0.2) is 34.8 Å². The van der Waals surface area contributed by atoms with Crippen molar-refractivity contribution in [3.05, 3.63) is 30.1 Å². The van der Waals surface area contributed by atoms with Crippen LogP contribution in [0.1, 0.15) is 25.6 Å². The average Bonchev–Trinajstić information content (AvgIpc) is 3.02. The Hall–Kier alpha value is -1.39. The van der Waals surface area contributed by atoms with Crippen LogP contribution >= 0.6 is 0 Å². The molecular weight excluding hydrogens is 250 g/mol. The van der Waals surface area contributed by atoms with Crippen molar-refractivity contribution < 1.29 is 4.74 Å². The summed E-state index contributed by atoms with van der Waals surface area (Å²) in [6, 6.07) is 8.58. The molecule has 1 N–H and O–H groups in total. The van der Waals surface area contributed by atoms with Gasteiger partial charge >= 0.3 is 0 Å². The largest absolute Gasteiger partial charge is 0.374 e. The lowest BCUT2D eigenvalue weighted by Gasteiger charge is -2.33. The number of aryl methyl sites for hydroxylation is 1. The van der Waals surface area contributed by atoms with Gasteiger partial charge in [-0.1, -0.05) is 12.1 Å². The number of imidazole rings is 1. The van der Waals surface area contributed by atoms with E-state index in [2.05, 4.69) is 42.1 Å². The van der Waals surface area contributed by atoms with E-state index in [1.165, 1.54) is 5.52 Å². The van der Waals surface area contributed by atoms with Crippen molar-refractivity contribution in [3.63, 3.8) is 0 Å². The number of rotatable bonds is 4. The third kappa shape index (κ3) is 2.23. The highest BCUT2D eigenvalue weighted by Gasteiger charge is 2.38. The molecule has 0 radical (unpaired) electrons. The van der Waals surface area contributed by atoms with Crippen LogP contribution in [0.3, 0.4) is 0 Å². The smallest absolute Gasteiger partial charge is 0.111 e. The molecule has 0 amide bonds. The van der Waals surface area contributed by atoms with Gasteiger partial charge in [0.25, 0.3) is 0 Å². The van der Waals surface area contributed by atoms with Gasteiger partial charge < -0.3 is 14.6 Å². The van der Waals surface area contributed by atoms with Crippen molar-refractivity contribution >= 4 is 11.0 Å². The Bertz CT molecular complexity index is 599. The molecule has 4 heteroatoms. The van der Waals surface area contributed by atoms with Gasteiger partial charge in [0.05, 0.1) is 16.6 Å². The van der Waals surface area contributed by atoms with Gasteiger partial charge in [0, 0.05) is 26.1 Å². The molecule has 1 aliphatic heterocycles. The number of ether oxygens (including phenoxy) is 1. The van der Waals surface area contributed by atoms with E-state index >= 15 is 0 Å². The molecule has 108 valence electrons. The zero-order valence-electron chi connectivity index (χ0n) is 12.5. The average molecular weight is 273 g/mol. The van der Waals surface area contributed by atoms with Crippen LogP contribution in [0.2, 0.25) is 0 Å². The third-order valence-corrected chi connectivity index (χ3v) is 4.60. The number of nitrogens with zero attached hydrogens (tertiary/aromatic N) is 2. The van der Waals surface area contributed by atoms with E-state index < -0.39 is 0 Å². The second-order valence-corrected chi connectivity index (χ2v) is 5.89. The predicted molar refractivity (Wildman–Crippen MR) is 80.9 cm³/mol. The van der Waals surface area contributed by atoms with Crippen molar-refractivity contribution in [2.75, 3.05) is 13.7 Å². The van der Waals surface area contributed by atoms with Gasteiger partial charge in [-0.3, -0.25) is 0 Å². The van der Waals surface area contributed by atoms with Crippen LogP contribution in [0.4, 0.5) is 0 Å². The molecule has 3 rings (SSSR count). The van der Waals surface area contributed by atoms with Gasteiger partial charge in [0.2, 0.25) is 0 Å². The van der Waals surface area contributed by atoms with Crippen LogP contribution in [0.5, 0.6) is 0 Å². The highest BCUT2D eigenvalue weighted by Crippen LogP contribution is 2.30. The number of fused-ring (bicyclic) bond motifs is 1. The summed E-state index contributed by atoms with van der Waals surface area (Å²) in [6.07, 6.45) is 3.15. The summed E-state index contributed by atoms with van der Waals surface area (Å²) in [5.74, 6) is 1.11. The van der Waals surface area contributed by atoms with E-state index in [0.717, 1.165) is 37.2 Å². The van der Waals surface area contributed by atoms with Crippen LogP contribution < -0.4 is 5.32 Å². The first-order chi connectivity index (χ1) is 9.64. The molecule has 1 fully saturated rings. The molecule has 0 aliphatic carbocycles. The molecule has 0 bridgehead atoms. The van der Waals surface area contributed by atoms with E-state index in [1.807, 2.05) is 13.1 Å². The lowest BCUT2D eigenvalue weighted by Crippen LogP contribution is -2.48. The summed E-state index contributed by atoms with van der Waals surface area (Å²) >= 11 is 0. The second kappa shape index (κ2) is 5.19. The van der Waals surface area contributed by atoms with Gasteiger partial charge in [0.1, 0.15) is 5.82 Å². The molecule has 2 atom stereocenters. The lowest BCUT2D eigenvalue weighted by atomic mass is 9.90. The van der Waals surface area contributed by atoms with Crippen molar-refractivity contribution in [3.8, 4) is 0 Å². The molecule has 2 aromatic rings. The molecule has 4 nitrogen and oxygen atoms in total. The van der Waals surface area contributed by atoms with Gasteiger partial charge in [-0.2, -0.15) is 0 Å². The summed E-state index contributed by atoms with van der Waals surface area (Å²) in [7, 11) is 4.11. The maximum Gasteiger partial charge on any atom is 0.111 e. The molecular formula is C16H23N3O. The topological polar surface area (TPSA) is 39.1 Å². The van der Waals surface area contributed by atoms with Crippen LogP contribution in [0.15, 0.2) is 24.3 Å². The van der Waals surface area contributed by atoms with Crippen molar-refractivity contribution in [2.24, 2.45) is 7.05 Å². The molecule has 1 saturated heterocycles. The highest BCUT2D eigenvalue weighted by molar-refractivity contribution is 5.75. The molecule has 1 aliphatic rings. The van der Waals surface area contributed by atoms with E-state index in [0.29, 0.717) is 6.04 Å². The Morgan fingerprint density at radius 1 is 1.45 bits per heavy atom. The van der Waals surface area contributed by atoms with Crippen LogP contribution in [-0.2, 0) is 18.2 Å². The summed E-state index contributed by atoms with van der Waals surface area (Å²) in [5.41, 5.74) is 2.18. The summed E-state index contributed by atoms with van der Waals surface area (Å²) in [6.45, 7) is 3.08. The zero-order valence-corrected chi connectivity index (χ0v) is 12.5. The SMILES string of the molecule is CNC(Cc1nc2ccccc2n1C)C1(C)CCCO1. The second-order valence-electron chi connectivity index (χ2n) is 5.89. The Morgan fingerprint density at radius 2 is 2.25 bits per heavy atom. The number of nitrogens with one attached hydrogen (secondary N) is 1. The molecule has 0 spiro atoms. The van der Waals surface area contributed by atoms with E-state index in [9.17, 15) is 0 Å². The fraction of sp³-hybridized carbons (Fsp3) is 0.562. The monoisotopic (exact) mass is 273 g/mol. The lowest BCUT2D eigenvalue weighted by molar-refractivity contribution is -0.0100. The Kier molecular flexibility index (Phi) is 3.52. The molecule has 2 unspecified atom stereocenters. The Morgan fingerprint density at radius 3 is 2.90 bits per heavy atom. The molecule has 2 heterocycles. The first-order valence-electron chi connectivity index (χ1n) is 7.35. The van der Waals surface area contributed by atoms with E-state index in [-0.39, 0.29) is 5.60 Å². The normalized spacial score (nSPS) is 24.4. The number of para-hydroxylation sites is 2. The number of hydrogen-bond donors (Lipinski definition) is 1. The number of hydrogen-bond acceptors (Lipinski definition) is 3. The number of likely N-dealkylation sites (N-methyl/N-ethyl adjacent to an activating group) is 1. The number of benzene rings is 1. The standard InChI is InChI=1S/C16H23N3O/c1-16(9-6-10-20-16)14(17-2)11-15-18-12-7-4-5-8-13(12)19(15)3/h4-5,7-8,14,17H,6,9-11H2,1-3H3. The van der Waals surface area contributed by atoms with Gasteiger partial charge in [0.15, 0.2) is 0 Å². The minimum Gasteiger partial charge on any atom is -0.374 e. The first kappa shape index (κ1) is 13.6.